The lowest BCUT2D eigenvalue weighted by Gasteiger charge is -2.21. The van der Waals surface area contributed by atoms with Gasteiger partial charge in [0.25, 0.3) is 0 Å². The van der Waals surface area contributed by atoms with Gasteiger partial charge in [0, 0.05) is 35.3 Å². The van der Waals surface area contributed by atoms with Crippen LogP contribution in [0.1, 0.15) is 5.56 Å². The molecule has 3 aliphatic heterocycles. The van der Waals surface area contributed by atoms with Crippen LogP contribution >= 0.6 is 0 Å². The van der Waals surface area contributed by atoms with E-state index in [0.717, 1.165) is 56.2 Å². The maximum atomic E-state index is 5.87. The first kappa shape index (κ1) is 18.7. The summed E-state index contributed by atoms with van der Waals surface area (Å²) in [6.07, 6.45) is 2.13. The van der Waals surface area contributed by atoms with E-state index in [9.17, 15) is 0 Å². The molecule has 0 aliphatic carbocycles. The molecule has 158 valence electrons. The highest BCUT2D eigenvalue weighted by Crippen LogP contribution is 2.41. The average Bonchev–Trinajstić information content (AvgIpc) is 3.28. The molecular formula is C26H21N3O3. The molecule has 0 saturated heterocycles. The number of ether oxygens (including phenoxy) is 3. The Balaban J connectivity index is 1.59. The van der Waals surface area contributed by atoms with Gasteiger partial charge in [0.1, 0.15) is 30.4 Å². The zero-order valence-corrected chi connectivity index (χ0v) is 17.6. The molecule has 0 fully saturated rings. The van der Waals surface area contributed by atoms with Crippen molar-refractivity contribution in [1.29, 1.82) is 0 Å². The van der Waals surface area contributed by atoms with Gasteiger partial charge in [-0.25, -0.2) is 0 Å². The Morgan fingerprint density at radius 1 is 0.875 bits per heavy atom. The second-order valence-electron chi connectivity index (χ2n) is 7.80. The van der Waals surface area contributed by atoms with Crippen molar-refractivity contribution in [1.82, 2.24) is 14.8 Å². The molecule has 0 unspecified atom stereocenters. The molecule has 0 atom stereocenters. The number of hydrogen-bond acceptors (Lipinski definition) is 5. The van der Waals surface area contributed by atoms with Crippen LogP contribution in [0.2, 0.25) is 0 Å². The zero-order chi connectivity index (χ0) is 21.5. The van der Waals surface area contributed by atoms with Crippen molar-refractivity contribution in [3.63, 3.8) is 0 Å². The molecule has 6 nitrogen and oxygen atoms in total. The number of rotatable bonds is 4. The molecule has 3 aromatic carbocycles. The van der Waals surface area contributed by atoms with Crippen LogP contribution in [0.5, 0.6) is 17.2 Å². The van der Waals surface area contributed by atoms with Gasteiger partial charge in [0.2, 0.25) is 0 Å². The van der Waals surface area contributed by atoms with E-state index in [4.69, 9.17) is 14.2 Å². The molecule has 0 N–H and O–H groups in total. The van der Waals surface area contributed by atoms with E-state index >= 15 is 0 Å². The van der Waals surface area contributed by atoms with Crippen LogP contribution < -0.4 is 14.2 Å². The monoisotopic (exact) mass is 423 g/mol. The van der Waals surface area contributed by atoms with Crippen molar-refractivity contribution in [2.24, 2.45) is 0 Å². The van der Waals surface area contributed by atoms with Crippen molar-refractivity contribution in [3.05, 3.63) is 78.5 Å². The lowest BCUT2D eigenvalue weighted by molar-refractivity contribution is 0.172. The number of benzene rings is 3. The summed E-state index contributed by atoms with van der Waals surface area (Å²) in [5, 5.41) is 10.1. The van der Waals surface area contributed by atoms with E-state index in [1.807, 2.05) is 42.5 Å². The van der Waals surface area contributed by atoms with Crippen molar-refractivity contribution < 1.29 is 14.2 Å². The smallest absolute Gasteiger partial charge is 0.163 e. The predicted octanol–water partition coefficient (Wildman–Crippen LogP) is 5.03. The molecule has 0 saturated carbocycles. The van der Waals surface area contributed by atoms with Crippen molar-refractivity contribution in [3.8, 4) is 39.8 Å². The van der Waals surface area contributed by atoms with Crippen molar-refractivity contribution >= 4 is 10.9 Å². The molecule has 3 aromatic rings. The van der Waals surface area contributed by atoms with Gasteiger partial charge < -0.3 is 18.8 Å². The summed E-state index contributed by atoms with van der Waals surface area (Å²) in [7, 11) is 1.69. The fourth-order valence-electron chi connectivity index (χ4n) is 4.28. The molecule has 6 heteroatoms. The molecule has 0 aromatic heterocycles. The van der Waals surface area contributed by atoms with Gasteiger partial charge in [-0.2, -0.15) is 0 Å². The minimum atomic E-state index is 0.542. The number of nitrogens with zero attached hydrogens (tertiary/aromatic N) is 3. The first-order chi connectivity index (χ1) is 15.8. The van der Waals surface area contributed by atoms with Crippen molar-refractivity contribution in [2.75, 3.05) is 20.3 Å². The highest BCUT2D eigenvalue weighted by atomic mass is 16.6. The second-order valence-corrected chi connectivity index (χ2v) is 7.80. The Kier molecular flexibility index (Phi) is 4.42. The largest absolute Gasteiger partial charge is 0.497 e. The average molecular weight is 423 g/mol. The number of pyridine rings is 1. The summed E-state index contributed by atoms with van der Waals surface area (Å²) in [6, 6.07) is 22.3. The van der Waals surface area contributed by atoms with Gasteiger partial charge in [-0.05, 0) is 23.8 Å². The van der Waals surface area contributed by atoms with E-state index in [2.05, 4.69) is 45.2 Å². The van der Waals surface area contributed by atoms with Crippen LogP contribution in [-0.4, -0.2) is 35.1 Å². The summed E-state index contributed by atoms with van der Waals surface area (Å²) in [5.74, 6) is 2.34. The minimum Gasteiger partial charge on any atom is -0.497 e. The quantitative estimate of drug-likeness (QED) is 0.406. The third kappa shape index (κ3) is 3.12. The molecule has 6 rings (SSSR count). The first-order valence-corrected chi connectivity index (χ1v) is 10.6. The summed E-state index contributed by atoms with van der Waals surface area (Å²) in [4.78, 5) is 0. The molecular weight excluding hydrogens is 402 g/mol. The summed E-state index contributed by atoms with van der Waals surface area (Å²) >= 11 is 0. The standard InChI is InChI=1S/C26H21N3O3/c1-30-19-9-5-6-17(12-19)15-29-16-21-25(18-7-3-2-4-8-18)27-28-26(21)20-13-23-24(14-22(20)29)32-11-10-31-23/h2-9,12-14,16H,10-11,15H2,1H3. The maximum Gasteiger partial charge on any atom is 0.163 e. The third-order valence-corrected chi connectivity index (χ3v) is 5.80. The van der Waals surface area contributed by atoms with E-state index in [1.54, 1.807) is 7.11 Å². The van der Waals surface area contributed by atoms with Crippen LogP contribution in [0.4, 0.5) is 0 Å². The fourth-order valence-corrected chi connectivity index (χ4v) is 4.28. The van der Waals surface area contributed by atoms with Crippen LogP contribution in [0.25, 0.3) is 33.4 Å². The Hall–Kier alpha value is -4.06. The van der Waals surface area contributed by atoms with E-state index in [0.29, 0.717) is 19.8 Å². The Morgan fingerprint density at radius 3 is 2.47 bits per heavy atom. The van der Waals surface area contributed by atoms with Gasteiger partial charge in [0.15, 0.2) is 11.5 Å². The maximum absolute atomic E-state index is 5.87. The molecule has 0 spiro atoms. The first-order valence-electron chi connectivity index (χ1n) is 10.6. The van der Waals surface area contributed by atoms with Gasteiger partial charge in [-0.3, -0.25) is 0 Å². The minimum absolute atomic E-state index is 0.542. The lowest BCUT2D eigenvalue weighted by Crippen LogP contribution is -2.15. The highest BCUT2D eigenvalue weighted by molar-refractivity contribution is 5.99. The normalized spacial score (nSPS) is 12.9. The van der Waals surface area contributed by atoms with Crippen LogP contribution in [-0.2, 0) is 6.54 Å². The molecule has 3 heterocycles. The fraction of sp³-hybridized carbons (Fsp3) is 0.154. The van der Waals surface area contributed by atoms with E-state index in [-0.39, 0.29) is 0 Å². The summed E-state index contributed by atoms with van der Waals surface area (Å²) in [5.41, 5.74) is 5.93. The lowest BCUT2D eigenvalue weighted by atomic mass is 10.0. The molecule has 0 bridgehead atoms. The Morgan fingerprint density at radius 2 is 1.66 bits per heavy atom. The predicted molar refractivity (Wildman–Crippen MR) is 123 cm³/mol. The van der Waals surface area contributed by atoms with Gasteiger partial charge in [-0.1, -0.05) is 42.5 Å². The topological polar surface area (TPSA) is 58.4 Å². The van der Waals surface area contributed by atoms with Gasteiger partial charge in [-0.15, -0.1) is 10.2 Å². The molecule has 3 aliphatic rings. The van der Waals surface area contributed by atoms with Crippen LogP contribution in [0.15, 0.2) is 72.9 Å². The molecule has 32 heavy (non-hydrogen) atoms. The van der Waals surface area contributed by atoms with Crippen LogP contribution in [0.3, 0.4) is 0 Å². The SMILES string of the molecule is COc1cccc(Cn2cc3c(-c4ccccc4)nnc-3c3cc4c(cc32)OCCO4)c1. The summed E-state index contributed by atoms with van der Waals surface area (Å²) < 4.78 is 19.4. The number of fused-ring (bicyclic) bond motifs is 4. The van der Waals surface area contributed by atoms with Gasteiger partial charge in [0.05, 0.1) is 12.6 Å². The number of aromatic nitrogens is 3. The highest BCUT2D eigenvalue weighted by Gasteiger charge is 2.23. The summed E-state index contributed by atoms with van der Waals surface area (Å²) in [6.45, 7) is 1.76. The zero-order valence-electron chi connectivity index (χ0n) is 17.6. The number of methoxy groups -OCH3 is 1. The van der Waals surface area contributed by atoms with Crippen LogP contribution in [0, 0.1) is 0 Å². The van der Waals surface area contributed by atoms with E-state index in [1.165, 1.54) is 0 Å². The second kappa shape index (κ2) is 7.57. The Bertz CT molecular complexity index is 1390. The molecule has 0 amide bonds. The Labute approximate surface area is 185 Å². The van der Waals surface area contributed by atoms with Gasteiger partial charge >= 0.3 is 0 Å². The van der Waals surface area contributed by atoms with E-state index < -0.39 is 0 Å². The van der Waals surface area contributed by atoms with Crippen molar-refractivity contribution in [2.45, 2.75) is 6.54 Å². The number of hydrogen-bond donors (Lipinski definition) is 0. The molecule has 0 radical (unpaired) electrons. The third-order valence-electron chi connectivity index (χ3n) is 5.80.